The number of carbonyl (C=O) groups excluding carboxylic acids is 1. The van der Waals surface area contributed by atoms with Gasteiger partial charge >= 0.3 is 18.0 Å². The molecule has 7 heteroatoms. The van der Waals surface area contributed by atoms with Crippen molar-refractivity contribution in [2.24, 2.45) is 5.92 Å². The molecule has 0 aromatic rings. The second-order valence-electron chi connectivity index (χ2n) is 6.02. The third-order valence-corrected chi connectivity index (χ3v) is 3.09. The molecule has 7 nitrogen and oxygen atoms in total. The smallest absolute Gasteiger partial charge is 0.411 e. The van der Waals surface area contributed by atoms with Crippen LogP contribution < -0.4 is 0 Å². The number of likely N-dealkylation sites (tertiary alicyclic amines) is 1. The van der Waals surface area contributed by atoms with Crippen molar-refractivity contribution in [1.82, 2.24) is 4.90 Å². The van der Waals surface area contributed by atoms with Crippen LogP contribution in [0, 0.1) is 5.92 Å². The highest BCUT2D eigenvalue weighted by molar-refractivity contribution is 5.80. The number of hydrogen-bond acceptors (Lipinski definition) is 4. The molecule has 0 saturated carbocycles. The standard InChI is InChI=1S/C13H21NO6/c1-13(2,3)20-12(19)14-5-4-8(7-10(15)16)6-9(14)11(17)18/h8-9H,4-7H2,1-3H3,(H,15,16)(H,17,18)/t8-,9+/m0/s1. The fraction of sp³-hybridized carbons (Fsp3) is 0.769. The van der Waals surface area contributed by atoms with E-state index in [4.69, 9.17) is 9.84 Å². The summed E-state index contributed by atoms with van der Waals surface area (Å²) >= 11 is 0. The van der Waals surface area contributed by atoms with Crippen molar-refractivity contribution in [1.29, 1.82) is 0 Å². The van der Waals surface area contributed by atoms with Gasteiger partial charge in [0.1, 0.15) is 11.6 Å². The summed E-state index contributed by atoms with van der Waals surface area (Å²) in [7, 11) is 0. The zero-order valence-electron chi connectivity index (χ0n) is 12.0. The zero-order valence-corrected chi connectivity index (χ0v) is 12.0. The summed E-state index contributed by atoms with van der Waals surface area (Å²) in [4.78, 5) is 35.1. The molecular formula is C13H21NO6. The summed E-state index contributed by atoms with van der Waals surface area (Å²) in [5.74, 6) is -2.32. The molecule has 1 aliphatic heterocycles. The van der Waals surface area contributed by atoms with Crippen molar-refractivity contribution in [2.75, 3.05) is 6.54 Å². The molecule has 1 saturated heterocycles. The number of carbonyl (C=O) groups is 3. The van der Waals surface area contributed by atoms with Crippen LogP contribution in [0.4, 0.5) is 4.79 Å². The van der Waals surface area contributed by atoms with Gasteiger partial charge in [0, 0.05) is 13.0 Å². The van der Waals surface area contributed by atoms with Gasteiger partial charge in [-0.3, -0.25) is 9.69 Å². The van der Waals surface area contributed by atoms with Crippen LogP contribution in [-0.4, -0.2) is 51.3 Å². The minimum atomic E-state index is -1.13. The van der Waals surface area contributed by atoms with Crippen molar-refractivity contribution < 1.29 is 29.3 Å². The van der Waals surface area contributed by atoms with Gasteiger partial charge < -0.3 is 14.9 Å². The predicted molar refractivity (Wildman–Crippen MR) is 69.3 cm³/mol. The van der Waals surface area contributed by atoms with Crippen LogP contribution in [0.25, 0.3) is 0 Å². The van der Waals surface area contributed by atoms with Crippen LogP contribution in [0.5, 0.6) is 0 Å². The summed E-state index contributed by atoms with van der Waals surface area (Å²) in [6.45, 7) is 5.32. The van der Waals surface area contributed by atoms with E-state index in [0.717, 1.165) is 0 Å². The molecule has 2 N–H and O–H groups in total. The fourth-order valence-corrected chi connectivity index (χ4v) is 2.24. The molecule has 1 heterocycles. The zero-order chi connectivity index (χ0) is 15.5. The average Bonchev–Trinajstić information content (AvgIpc) is 2.25. The van der Waals surface area contributed by atoms with Crippen LogP contribution >= 0.6 is 0 Å². The Kier molecular flexibility index (Phi) is 4.97. The van der Waals surface area contributed by atoms with Gasteiger partial charge in [0.2, 0.25) is 0 Å². The molecular weight excluding hydrogens is 266 g/mol. The predicted octanol–water partition coefficient (Wildman–Crippen LogP) is 1.56. The normalized spacial score (nSPS) is 23.2. The number of hydrogen-bond donors (Lipinski definition) is 2. The molecule has 114 valence electrons. The molecule has 0 spiro atoms. The van der Waals surface area contributed by atoms with Gasteiger partial charge in [0.15, 0.2) is 0 Å². The molecule has 1 fully saturated rings. The van der Waals surface area contributed by atoms with Gasteiger partial charge in [-0.25, -0.2) is 9.59 Å². The Hall–Kier alpha value is -1.79. The minimum absolute atomic E-state index is 0.0774. The van der Waals surface area contributed by atoms with Crippen LogP contribution in [0.2, 0.25) is 0 Å². The van der Waals surface area contributed by atoms with E-state index >= 15 is 0 Å². The molecule has 1 amide bonds. The molecule has 20 heavy (non-hydrogen) atoms. The van der Waals surface area contributed by atoms with E-state index in [9.17, 15) is 19.5 Å². The minimum Gasteiger partial charge on any atom is -0.481 e. The number of aliphatic carboxylic acids is 2. The lowest BCUT2D eigenvalue weighted by Crippen LogP contribution is -2.51. The fourth-order valence-electron chi connectivity index (χ4n) is 2.24. The first-order chi connectivity index (χ1) is 9.10. The van der Waals surface area contributed by atoms with E-state index in [-0.39, 0.29) is 25.3 Å². The van der Waals surface area contributed by atoms with E-state index in [1.54, 1.807) is 20.8 Å². The third kappa shape index (κ3) is 4.71. The van der Waals surface area contributed by atoms with Crippen molar-refractivity contribution in [3.8, 4) is 0 Å². The Morgan fingerprint density at radius 2 is 1.85 bits per heavy atom. The molecule has 0 aromatic heterocycles. The lowest BCUT2D eigenvalue weighted by molar-refractivity contribution is -0.147. The molecule has 0 unspecified atom stereocenters. The summed E-state index contributed by atoms with van der Waals surface area (Å²) in [5, 5.41) is 18.0. The molecule has 0 aromatic carbocycles. The Bertz CT molecular complexity index is 400. The maximum absolute atomic E-state index is 12.0. The first-order valence-corrected chi connectivity index (χ1v) is 6.54. The maximum Gasteiger partial charge on any atom is 0.411 e. The molecule has 0 radical (unpaired) electrons. The third-order valence-electron chi connectivity index (χ3n) is 3.09. The highest BCUT2D eigenvalue weighted by Gasteiger charge is 2.38. The second kappa shape index (κ2) is 6.11. The summed E-state index contributed by atoms with van der Waals surface area (Å²) in [6.07, 6.45) is -0.138. The van der Waals surface area contributed by atoms with E-state index < -0.39 is 29.7 Å². The van der Waals surface area contributed by atoms with Crippen LogP contribution in [0.1, 0.15) is 40.0 Å². The van der Waals surface area contributed by atoms with Gasteiger partial charge in [-0.05, 0) is 39.5 Å². The SMILES string of the molecule is CC(C)(C)OC(=O)N1CC[C@H](CC(=O)O)C[C@@H]1C(=O)O. The Labute approximate surface area is 117 Å². The van der Waals surface area contributed by atoms with Crippen molar-refractivity contribution >= 4 is 18.0 Å². The number of carboxylic acids is 2. The monoisotopic (exact) mass is 287 g/mol. The van der Waals surface area contributed by atoms with Crippen LogP contribution in [0.3, 0.4) is 0 Å². The summed E-state index contributed by atoms with van der Waals surface area (Å²) < 4.78 is 5.18. The van der Waals surface area contributed by atoms with Crippen LogP contribution in [0.15, 0.2) is 0 Å². The average molecular weight is 287 g/mol. The first-order valence-electron chi connectivity index (χ1n) is 6.54. The number of amides is 1. The van der Waals surface area contributed by atoms with E-state index in [1.807, 2.05) is 0 Å². The first kappa shape index (κ1) is 16.3. The largest absolute Gasteiger partial charge is 0.481 e. The number of rotatable bonds is 3. The lowest BCUT2D eigenvalue weighted by Gasteiger charge is -2.37. The van der Waals surface area contributed by atoms with Crippen LogP contribution in [-0.2, 0) is 14.3 Å². The Morgan fingerprint density at radius 3 is 2.30 bits per heavy atom. The summed E-state index contributed by atoms with van der Waals surface area (Å²) in [5.41, 5.74) is -0.696. The second-order valence-corrected chi connectivity index (χ2v) is 6.02. The van der Waals surface area contributed by atoms with Crippen molar-refractivity contribution in [3.63, 3.8) is 0 Å². The number of nitrogens with zero attached hydrogens (tertiary/aromatic N) is 1. The van der Waals surface area contributed by atoms with Gasteiger partial charge in [0.05, 0.1) is 0 Å². The number of carboxylic acid groups (broad SMARTS) is 2. The van der Waals surface area contributed by atoms with Gasteiger partial charge in [-0.1, -0.05) is 0 Å². The van der Waals surface area contributed by atoms with Crippen molar-refractivity contribution in [2.45, 2.75) is 51.7 Å². The Balaban J connectivity index is 2.75. The molecule has 0 bridgehead atoms. The molecule has 1 aliphatic rings. The topological polar surface area (TPSA) is 104 Å². The number of piperidine rings is 1. The van der Waals surface area contributed by atoms with Gasteiger partial charge in [-0.2, -0.15) is 0 Å². The Morgan fingerprint density at radius 1 is 1.25 bits per heavy atom. The highest BCUT2D eigenvalue weighted by atomic mass is 16.6. The lowest BCUT2D eigenvalue weighted by atomic mass is 9.88. The van der Waals surface area contributed by atoms with E-state index in [1.165, 1.54) is 4.90 Å². The highest BCUT2D eigenvalue weighted by Crippen LogP contribution is 2.27. The molecule has 0 aliphatic carbocycles. The number of ether oxygens (including phenoxy) is 1. The summed E-state index contributed by atoms with van der Waals surface area (Å²) in [6, 6.07) is -1.03. The van der Waals surface area contributed by atoms with Gasteiger partial charge in [0.25, 0.3) is 0 Å². The van der Waals surface area contributed by atoms with E-state index in [0.29, 0.717) is 6.42 Å². The quantitative estimate of drug-likeness (QED) is 0.816. The van der Waals surface area contributed by atoms with Gasteiger partial charge in [-0.15, -0.1) is 0 Å². The molecule has 2 atom stereocenters. The maximum atomic E-state index is 12.0. The van der Waals surface area contributed by atoms with Crippen molar-refractivity contribution in [3.05, 3.63) is 0 Å². The molecule has 1 rings (SSSR count). The van der Waals surface area contributed by atoms with E-state index in [2.05, 4.69) is 0 Å².